The largest absolute Gasteiger partial charge is 0.381 e. The smallest absolute Gasteiger partial charge is 0.130 e. The standard InChI is InChI=1S/C21H29N3O2/c1-4-18-14-20(24-16(3)23-18)22-15(2)21(17-8-6-5-7-9-17)26-19-10-12-25-13-11-19/h5-9,14-15,19,21H,4,10-13H2,1-3H3,(H,22,23,24). The molecule has 0 radical (unpaired) electrons. The zero-order valence-corrected chi connectivity index (χ0v) is 15.9. The van der Waals surface area contributed by atoms with Crippen molar-refractivity contribution in [3.05, 3.63) is 53.5 Å². The van der Waals surface area contributed by atoms with Crippen LogP contribution in [0.15, 0.2) is 36.4 Å². The predicted octanol–water partition coefficient (Wildman–Crippen LogP) is 4.08. The molecule has 1 aromatic heterocycles. The maximum atomic E-state index is 6.51. The van der Waals surface area contributed by atoms with E-state index in [-0.39, 0.29) is 18.2 Å². The number of nitrogens with zero attached hydrogens (tertiary/aromatic N) is 2. The van der Waals surface area contributed by atoms with Crippen LogP contribution in [0, 0.1) is 6.92 Å². The van der Waals surface area contributed by atoms with E-state index < -0.39 is 0 Å². The quantitative estimate of drug-likeness (QED) is 0.811. The van der Waals surface area contributed by atoms with Crippen molar-refractivity contribution in [3.63, 3.8) is 0 Å². The second kappa shape index (κ2) is 9.10. The second-order valence-electron chi connectivity index (χ2n) is 6.86. The molecular formula is C21H29N3O2. The summed E-state index contributed by atoms with van der Waals surface area (Å²) >= 11 is 0. The molecule has 0 bridgehead atoms. The first-order chi connectivity index (χ1) is 12.7. The molecular weight excluding hydrogens is 326 g/mol. The summed E-state index contributed by atoms with van der Waals surface area (Å²) in [5.74, 6) is 1.65. The molecule has 0 spiro atoms. The number of hydrogen-bond acceptors (Lipinski definition) is 5. The van der Waals surface area contributed by atoms with Crippen LogP contribution < -0.4 is 5.32 Å². The van der Waals surface area contributed by atoms with E-state index in [0.29, 0.717) is 0 Å². The Morgan fingerprint density at radius 2 is 1.92 bits per heavy atom. The van der Waals surface area contributed by atoms with Gasteiger partial charge in [0.25, 0.3) is 0 Å². The van der Waals surface area contributed by atoms with Crippen LogP contribution in [0.5, 0.6) is 0 Å². The van der Waals surface area contributed by atoms with Crippen LogP contribution in [0.2, 0.25) is 0 Å². The van der Waals surface area contributed by atoms with Gasteiger partial charge < -0.3 is 14.8 Å². The number of aryl methyl sites for hydroxylation is 2. The Morgan fingerprint density at radius 1 is 1.19 bits per heavy atom. The summed E-state index contributed by atoms with van der Waals surface area (Å²) in [4.78, 5) is 9.01. The molecule has 1 aromatic carbocycles. The fourth-order valence-electron chi connectivity index (χ4n) is 3.34. The van der Waals surface area contributed by atoms with Crippen molar-refractivity contribution in [1.82, 2.24) is 9.97 Å². The van der Waals surface area contributed by atoms with Gasteiger partial charge in [-0.05, 0) is 38.7 Å². The number of aromatic nitrogens is 2. The zero-order valence-electron chi connectivity index (χ0n) is 15.9. The van der Waals surface area contributed by atoms with E-state index in [1.165, 1.54) is 5.56 Å². The molecule has 2 atom stereocenters. The summed E-state index contributed by atoms with van der Waals surface area (Å²) in [6.07, 6.45) is 2.98. The van der Waals surface area contributed by atoms with E-state index in [0.717, 1.165) is 49.8 Å². The van der Waals surface area contributed by atoms with Crippen molar-refractivity contribution in [3.8, 4) is 0 Å². The molecule has 26 heavy (non-hydrogen) atoms. The Morgan fingerprint density at radius 3 is 2.62 bits per heavy atom. The van der Waals surface area contributed by atoms with Gasteiger partial charge in [-0.25, -0.2) is 9.97 Å². The van der Waals surface area contributed by atoms with E-state index in [1.807, 2.05) is 19.1 Å². The summed E-state index contributed by atoms with van der Waals surface area (Å²) in [6, 6.07) is 12.5. The minimum absolute atomic E-state index is 0.0420. The Balaban J connectivity index is 1.77. The highest BCUT2D eigenvalue weighted by atomic mass is 16.5. The van der Waals surface area contributed by atoms with Crippen LogP contribution in [0.1, 0.15) is 49.9 Å². The molecule has 1 N–H and O–H groups in total. The van der Waals surface area contributed by atoms with Crippen LogP contribution in [0.4, 0.5) is 5.82 Å². The van der Waals surface area contributed by atoms with Crippen LogP contribution in [-0.4, -0.2) is 35.3 Å². The first-order valence-electron chi connectivity index (χ1n) is 9.55. The van der Waals surface area contributed by atoms with Crippen molar-refractivity contribution >= 4 is 5.82 Å². The Bertz CT molecular complexity index is 687. The van der Waals surface area contributed by atoms with Crippen molar-refractivity contribution in [1.29, 1.82) is 0 Å². The molecule has 140 valence electrons. The molecule has 0 amide bonds. The van der Waals surface area contributed by atoms with Gasteiger partial charge in [0.05, 0.1) is 12.1 Å². The molecule has 1 fully saturated rings. The van der Waals surface area contributed by atoms with E-state index in [4.69, 9.17) is 9.47 Å². The zero-order chi connectivity index (χ0) is 18.4. The summed E-state index contributed by atoms with van der Waals surface area (Å²) in [7, 11) is 0. The molecule has 0 aliphatic carbocycles. The van der Waals surface area contributed by atoms with E-state index >= 15 is 0 Å². The van der Waals surface area contributed by atoms with Gasteiger partial charge in [-0.1, -0.05) is 37.3 Å². The fourth-order valence-corrected chi connectivity index (χ4v) is 3.34. The van der Waals surface area contributed by atoms with Crippen molar-refractivity contribution < 1.29 is 9.47 Å². The maximum absolute atomic E-state index is 6.51. The monoisotopic (exact) mass is 355 g/mol. The number of ether oxygens (including phenoxy) is 2. The molecule has 1 aliphatic rings. The van der Waals surface area contributed by atoms with E-state index in [9.17, 15) is 0 Å². The van der Waals surface area contributed by atoms with Crippen molar-refractivity contribution in [2.75, 3.05) is 18.5 Å². The number of hydrogen-bond donors (Lipinski definition) is 1. The third kappa shape index (κ3) is 5.02. The van der Waals surface area contributed by atoms with Gasteiger partial charge in [0, 0.05) is 25.0 Å². The van der Waals surface area contributed by atoms with Gasteiger partial charge in [-0.3, -0.25) is 0 Å². The lowest BCUT2D eigenvalue weighted by Crippen LogP contribution is -2.33. The highest BCUT2D eigenvalue weighted by Gasteiger charge is 2.26. The predicted molar refractivity (Wildman–Crippen MR) is 103 cm³/mol. The van der Waals surface area contributed by atoms with E-state index in [2.05, 4.69) is 53.4 Å². The molecule has 2 heterocycles. The second-order valence-corrected chi connectivity index (χ2v) is 6.86. The maximum Gasteiger partial charge on any atom is 0.130 e. The average Bonchev–Trinajstić information content (AvgIpc) is 2.67. The first kappa shape index (κ1) is 18.8. The normalized spacial score (nSPS) is 17.7. The molecule has 5 heteroatoms. The minimum atomic E-state index is -0.0420. The third-order valence-electron chi connectivity index (χ3n) is 4.72. The lowest BCUT2D eigenvalue weighted by molar-refractivity contribution is -0.0739. The summed E-state index contributed by atoms with van der Waals surface area (Å²) < 4.78 is 12.0. The highest BCUT2D eigenvalue weighted by Crippen LogP contribution is 2.28. The van der Waals surface area contributed by atoms with E-state index in [1.54, 1.807) is 0 Å². The van der Waals surface area contributed by atoms with Crippen LogP contribution >= 0.6 is 0 Å². The van der Waals surface area contributed by atoms with Crippen molar-refractivity contribution in [2.24, 2.45) is 0 Å². The minimum Gasteiger partial charge on any atom is -0.381 e. The summed E-state index contributed by atoms with van der Waals surface area (Å²) in [5.41, 5.74) is 2.23. The van der Waals surface area contributed by atoms with Crippen molar-refractivity contribution in [2.45, 2.75) is 58.3 Å². The number of benzene rings is 1. The first-order valence-corrected chi connectivity index (χ1v) is 9.55. The van der Waals surface area contributed by atoms with Gasteiger partial charge in [-0.15, -0.1) is 0 Å². The van der Waals surface area contributed by atoms with Gasteiger partial charge in [0.1, 0.15) is 17.7 Å². The third-order valence-corrected chi connectivity index (χ3v) is 4.72. The van der Waals surface area contributed by atoms with Crippen LogP contribution in [0.3, 0.4) is 0 Å². The lowest BCUT2D eigenvalue weighted by Gasteiger charge is -2.32. The number of rotatable bonds is 7. The molecule has 5 nitrogen and oxygen atoms in total. The summed E-state index contributed by atoms with van der Waals surface area (Å²) in [6.45, 7) is 7.75. The number of anilines is 1. The number of nitrogens with one attached hydrogen (secondary N) is 1. The Labute approximate surface area is 156 Å². The SMILES string of the molecule is CCc1cc(NC(C)C(OC2CCOCC2)c2ccccc2)nc(C)n1. The molecule has 0 saturated carbocycles. The highest BCUT2D eigenvalue weighted by molar-refractivity contribution is 5.38. The summed E-state index contributed by atoms with van der Waals surface area (Å²) in [5, 5.41) is 3.54. The molecule has 3 rings (SSSR count). The van der Waals surface area contributed by atoms with Crippen LogP contribution in [0.25, 0.3) is 0 Å². The van der Waals surface area contributed by atoms with Gasteiger partial charge in [-0.2, -0.15) is 0 Å². The van der Waals surface area contributed by atoms with Gasteiger partial charge in [0.2, 0.25) is 0 Å². The van der Waals surface area contributed by atoms with Gasteiger partial charge >= 0.3 is 0 Å². The van der Waals surface area contributed by atoms with Crippen LogP contribution in [-0.2, 0) is 15.9 Å². The molecule has 2 unspecified atom stereocenters. The lowest BCUT2D eigenvalue weighted by atomic mass is 10.0. The fraction of sp³-hybridized carbons (Fsp3) is 0.524. The molecule has 1 saturated heterocycles. The molecule has 2 aromatic rings. The molecule has 1 aliphatic heterocycles. The Kier molecular flexibility index (Phi) is 6.58. The van der Waals surface area contributed by atoms with Gasteiger partial charge in [0.15, 0.2) is 0 Å². The Hall–Kier alpha value is -1.98. The average molecular weight is 355 g/mol. The topological polar surface area (TPSA) is 56.3 Å².